The monoisotopic (exact) mass is 569 g/mol. The third-order valence-corrected chi connectivity index (χ3v) is 8.36. The average Bonchev–Trinajstić information content (AvgIpc) is 3.70. The number of pyridine rings is 1. The summed E-state index contributed by atoms with van der Waals surface area (Å²) in [6.45, 7) is 3.59. The summed E-state index contributed by atoms with van der Waals surface area (Å²) in [4.78, 5) is 34.1. The van der Waals surface area contributed by atoms with E-state index in [9.17, 15) is 22.4 Å². The van der Waals surface area contributed by atoms with Crippen molar-refractivity contribution >= 4 is 44.1 Å². The molecule has 1 fully saturated rings. The maximum Gasteiger partial charge on any atom is 0.263 e. The molecule has 2 heterocycles. The van der Waals surface area contributed by atoms with E-state index in [1.807, 2.05) is 0 Å². The zero-order valence-corrected chi connectivity index (χ0v) is 22.7. The van der Waals surface area contributed by atoms with Crippen LogP contribution >= 0.6 is 11.6 Å². The molecule has 12 heteroatoms. The number of fused-ring (bicyclic) bond motifs is 1. The molecule has 0 bridgehead atoms. The molecule has 1 amide bonds. The lowest BCUT2D eigenvalue weighted by Crippen LogP contribution is -2.35. The molecule has 1 aliphatic carbocycles. The summed E-state index contributed by atoms with van der Waals surface area (Å²) >= 11 is 5.97. The van der Waals surface area contributed by atoms with E-state index in [1.54, 1.807) is 44.3 Å². The summed E-state index contributed by atoms with van der Waals surface area (Å²) in [7, 11) is -4.14. The summed E-state index contributed by atoms with van der Waals surface area (Å²) < 4.78 is 43.2. The molecule has 9 nitrogen and oxygen atoms in total. The Morgan fingerprint density at radius 1 is 1.15 bits per heavy atom. The Bertz CT molecular complexity index is 1770. The van der Waals surface area contributed by atoms with Gasteiger partial charge in [-0.3, -0.25) is 23.9 Å². The van der Waals surface area contributed by atoms with Gasteiger partial charge in [0.2, 0.25) is 5.91 Å². The quantitative estimate of drug-likeness (QED) is 0.327. The summed E-state index contributed by atoms with van der Waals surface area (Å²) in [5, 5.41) is 3.05. The van der Waals surface area contributed by atoms with Crippen molar-refractivity contribution in [2.45, 2.75) is 44.2 Å². The summed E-state index contributed by atoms with van der Waals surface area (Å²) in [5.41, 5.74) is 1.97. The number of amides is 1. The molecule has 1 aliphatic rings. The van der Waals surface area contributed by atoms with Gasteiger partial charge in [0.25, 0.3) is 15.6 Å². The predicted molar refractivity (Wildman–Crippen MR) is 147 cm³/mol. The SMILES string of the molecule is Cc1ncc(-c2ccc3ncn(C[C@@H](C)C(=O)NC4CC4)c(=O)c3c2)cc1NS(=O)(=O)c1ccc(F)cc1Cl. The van der Waals surface area contributed by atoms with Gasteiger partial charge >= 0.3 is 0 Å². The van der Waals surface area contributed by atoms with Crippen LogP contribution in [-0.4, -0.2) is 34.9 Å². The van der Waals surface area contributed by atoms with Gasteiger partial charge in [-0.15, -0.1) is 0 Å². The van der Waals surface area contributed by atoms with Gasteiger partial charge in [-0.1, -0.05) is 24.6 Å². The second-order valence-corrected chi connectivity index (χ2v) is 11.7. The number of anilines is 1. The van der Waals surface area contributed by atoms with E-state index in [1.165, 1.54) is 10.9 Å². The van der Waals surface area contributed by atoms with Crippen molar-refractivity contribution in [3.05, 3.63) is 81.9 Å². The average molecular weight is 570 g/mol. The molecule has 0 saturated heterocycles. The molecular formula is C27H25ClFN5O4S. The third-order valence-electron chi connectivity index (χ3n) is 6.51. The highest BCUT2D eigenvalue weighted by Crippen LogP contribution is 2.29. The van der Waals surface area contributed by atoms with Crippen LogP contribution in [0.4, 0.5) is 10.1 Å². The van der Waals surface area contributed by atoms with Crippen molar-refractivity contribution < 1.29 is 17.6 Å². The summed E-state index contributed by atoms with van der Waals surface area (Å²) in [6, 6.07) is 9.97. The molecule has 1 atom stereocenters. The van der Waals surface area contributed by atoms with Gasteiger partial charge in [-0.05, 0) is 61.7 Å². The van der Waals surface area contributed by atoms with Crippen LogP contribution in [0.1, 0.15) is 25.5 Å². The highest BCUT2D eigenvalue weighted by atomic mass is 35.5. The van der Waals surface area contributed by atoms with Crippen molar-refractivity contribution in [2.24, 2.45) is 5.92 Å². The number of aryl methyl sites for hydroxylation is 1. The Labute approximate surface area is 229 Å². The Hall–Kier alpha value is -3.83. The van der Waals surface area contributed by atoms with Crippen molar-refractivity contribution in [1.29, 1.82) is 0 Å². The minimum atomic E-state index is -4.14. The molecule has 202 valence electrons. The van der Waals surface area contributed by atoms with Gasteiger partial charge in [0.15, 0.2) is 0 Å². The predicted octanol–water partition coefficient (Wildman–Crippen LogP) is 4.27. The minimum Gasteiger partial charge on any atom is -0.353 e. The second kappa shape index (κ2) is 10.4. The molecule has 0 aliphatic heterocycles. The van der Waals surface area contributed by atoms with E-state index in [0.29, 0.717) is 27.7 Å². The first-order valence-electron chi connectivity index (χ1n) is 12.3. The van der Waals surface area contributed by atoms with Crippen LogP contribution < -0.4 is 15.6 Å². The van der Waals surface area contributed by atoms with E-state index >= 15 is 0 Å². The Balaban J connectivity index is 1.45. The molecule has 39 heavy (non-hydrogen) atoms. The number of hydrogen-bond donors (Lipinski definition) is 2. The molecule has 1 saturated carbocycles. The van der Waals surface area contributed by atoms with Gasteiger partial charge < -0.3 is 5.32 Å². The van der Waals surface area contributed by atoms with Gasteiger partial charge in [-0.25, -0.2) is 17.8 Å². The molecule has 0 spiro atoms. The van der Waals surface area contributed by atoms with E-state index < -0.39 is 21.8 Å². The lowest BCUT2D eigenvalue weighted by atomic mass is 10.0. The maximum absolute atomic E-state index is 13.4. The van der Waals surface area contributed by atoms with Crippen molar-refractivity contribution in [3.63, 3.8) is 0 Å². The van der Waals surface area contributed by atoms with E-state index in [4.69, 9.17) is 11.6 Å². The van der Waals surface area contributed by atoms with Crippen LogP contribution in [-0.2, 0) is 21.4 Å². The van der Waals surface area contributed by atoms with Crippen LogP contribution in [0.2, 0.25) is 5.02 Å². The summed E-state index contributed by atoms with van der Waals surface area (Å²) in [5.74, 6) is -1.15. The van der Waals surface area contributed by atoms with Gasteiger partial charge in [0.05, 0.1) is 39.6 Å². The number of halogens is 2. The lowest BCUT2D eigenvalue weighted by Gasteiger charge is -2.14. The second-order valence-electron chi connectivity index (χ2n) is 9.66. The number of aromatic nitrogens is 3. The molecule has 4 aromatic rings. The molecule has 0 unspecified atom stereocenters. The number of nitrogens with zero attached hydrogens (tertiary/aromatic N) is 3. The molecule has 5 rings (SSSR count). The highest BCUT2D eigenvalue weighted by molar-refractivity contribution is 7.92. The van der Waals surface area contributed by atoms with E-state index in [2.05, 4.69) is 20.0 Å². The number of nitrogens with one attached hydrogen (secondary N) is 2. The number of carbonyl (C=O) groups is 1. The Morgan fingerprint density at radius 2 is 1.92 bits per heavy atom. The first kappa shape index (κ1) is 26.8. The first-order chi connectivity index (χ1) is 18.5. The van der Waals surface area contributed by atoms with E-state index in [0.717, 1.165) is 31.0 Å². The van der Waals surface area contributed by atoms with Gasteiger partial charge in [0.1, 0.15) is 10.7 Å². The number of sulfonamides is 1. The fourth-order valence-electron chi connectivity index (χ4n) is 4.10. The number of rotatable bonds is 8. The number of hydrogen-bond acceptors (Lipinski definition) is 6. The molecule has 2 aromatic carbocycles. The standard InChI is InChI=1S/C27H25ClFN5O4S/c1-15(26(35)32-20-5-6-20)13-34-14-31-23-7-3-17(9-21(23)27(34)36)18-10-24(16(2)30-12-18)33-39(37,38)25-8-4-19(29)11-22(25)28/h3-4,7-12,14-15,20,33H,5-6,13H2,1-2H3,(H,32,35)/t15-/m1/s1. The normalized spacial score (nSPS) is 14.3. The Morgan fingerprint density at radius 3 is 2.64 bits per heavy atom. The van der Waals surface area contributed by atoms with Crippen LogP contribution in [0, 0.1) is 18.7 Å². The van der Waals surface area contributed by atoms with Crippen LogP contribution in [0.3, 0.4) is 0 Å². The van der Waals surface area contributed by atoms with Crippen LogP contribution in [0.25, 0.3) is 22.0 Å². The topological polar surface area (TPSA) is 123 Å². The number of carbonyl (C=O) groups excluding carboxylic acids is 1. The fraction of sp³-hybridized carbons (Fsp3) is 0.259. The molecule has 2 N–H and O–H groups in total. The zero-order chi connectivity index (χ0) is 27.9. The van der Waals surface area contributed by atoms with Crippen molar-refractivity contribution in [3.8, 4) is 11.1 Å². The van der Waals surface area contributed by atoms with E-state index in [-0.39, 0.29) is 39.7 Å². The molecular weight excluding hydrogens is 545 g/mol. The van der Waals surface area contributed by atoms with Crippen molar-refractivity contribution in [2.75, 3.05) is 4.72 Å². The third kappa shape index (κ3) is 5.79. The van der Waals surface area contributed by atoms with Gasteiger partial charge in [0, 0.05) is 24.3 Å². The lowest BCUT2D eigenvalue weighted by molar-refractivity contribution is -0.125. The summed E-state index contributed by atoms with van der Waals surface area (Å²) in [6.07, 6.45) is 4.97. The molecule has 0 radical (unpaired) electrons. The fourth-order valence-corrected chi connectivity index (χ4v) is 5.75. The maximum atomic E-state index is 13.4. The molecule has 2 aromatic heterocycles. The van der Waals surface area contributed by atoms with Crippen LogP contribution in [0.5, 0.6) is 0 Å². The highest BCUT2D eigenvalue weighted by Gasteiger charge is 2.26. The minimum absolute atomic E-state index is 0.0964. The smallest absolute Gasteiger partial charge is 0.263 e. The zero-order valence-electron chi connectivity index (χ0n) is 21.1. The Kier molecular flexibility index (Phi) is 7.13. The first-order valence-corrected chi connectivity index (χ1v) is 14.1. The van der Waals surface area contributed by atoms with Crippen molar-refractivity contribution in [1.82, 2.24) is 19.9 Å². The van der Waals surface area contributed by atoms with Crippen LogP contribution in [0.15, 0.2) is 64.7 Å². The number of benzene rings is 2. The largest absolute Gasteiger partial charge is 0.353 e. The van der Waals surface area contributed by atoms with Gasteiger partial charge in [-0.2, -0.15) is 0 Å².